The molecule has 0 unspecified atom stereocenters. The standard InChI is InChI=1S/C27H55NO3/c28-23-18-16-14-12-10-8-6-4-2-1-3-5-7-9-11-13-15-17-19-27(20-24-29,21-25-30)22-26-31/h16,18,29-31H,1-15,17,19-26,28H2. The summed E-state index contributed by atoms with van der Waals surface area (Å²) < 4.78 is 0. The monoisotopic (exact) mass is 441 g/mol. The van der Waals surface area contributed by atoms with Gasteiger partial charge in [-0.3, -0.25) is 0 Å². The molecule has 0 aromatic heterocycles. The largest absolute Gasteiger partial charge is 0.396 e. The van der Waals surface area contributed by atoms with E-state index in [1.54, 1.807) is 0 Å². The van der Waals surface area contributed by atoms with Crippen molar-refractivity contribution in [2.75, 3.05) is 26.4 Å². The molecule has 31 heavy (non-hydrogen) atoms. The summed E-state index contributed by atoms with van der Waals surface area (Å²) in [6, 6.07) is 0. The van der Waals surface area contributed by atoms with Crippen molar-refractivity contribution in [2.45, 2.75) is 128 Å². The summed E-state index contributed by atoms with van der Waals surface area (Å²) >= 11 is 0. The number of aliphatic hydroxyl groups is 3. The van der Waals surface area contributed by atoms with Crippen LogP contribution in [-0.4, -0.2) is 41.7 Å². The van der Waals surface area contributed by atoms with Crippen molar-refractivity contribution in [3.05, 3.63) is 12.2 Å². The number of hydrogen-bond donors (Lipinski definition) is 4. The summed E-state index contributed by atoms with van der Waals surface area (Å²) in [6.45, 7) is 1.11. The van der Waals surface area contributed by atoms with Crippen LogP contribution in [-0.2, 0) is 0 Å². The van der Waals surface area contributed by atoms with E-state index in [9.17, 15) is 15.3 Å². The third kappa shape index (κ3) is 20.0. The fourth-order valence-electron chi connectivity index (χ4n) is 4.74. The molecule has 0 spiro atoms. The van der Waals surface area contributed by atoms with Gasteiger partial charge in [-0.1, -0.05) is 102 Å². The first-order valence-electron chi connectivity index (χ1n) is 13.4. The normalized spacial score (nSPS) is 12.3. The van der Waals surface area contributed by atoms with Crippen LogP contribution in [0.3, 0.4) is 0 Å². The maximum Gasteiger partial charge on any atom is 0.0436 e. The molecule has 0 heterocycles. The van der Waals surface area contributed by atoms with E-state index in [4.69, 9.17) is 5.73 Å². The minimum atomic E-state index is -0.0694. The van der Waals surface area contributed by atoms with E-state index in [-0.39, 0.29) is 25.2 Å². The van der Waals surface area contributed by atoms with Gasteiger partial charge in [-0.05, 0) is 43.9 Å². The van der Waals surface area contributed by atoms with Gasteiger partial charge in [0.15, 0.2) is 0 Å². The lowest BCUT2D eigenvalue weighted by molar-refractivity contribution is 0.0885. The van der Waals surface area contributed by atoms with Crippen molar-refractivity contribution in [2.24, 2.45) is 11.1 Å². The molecular formula is C27H55NO3. The van der Waals surface area contributed by atoms with Gasteiger partial charge >= 0.3 is 0 Å². The van der Waals surface area contributed by atoms with E-state index >= 15 is 0 Å². The molecule has 0 saturated heterocycles. The minimum Gasteiger partial charge on any atom is -0.396 e. The van der Waals surface area contributed by atoms with E-state index in [1.807, 2.05) is 0 Å². The maximum absolute atomic E-state index is 9.35. The van der Waals surface area contributed by atoms with Crippen molar-refractivity contribution < 1.29 is 15.3 Å². The van der Waals surface area contributed by atoms with Crippen molar-refractivity contribution in [3.8, 4) is 0 Å². The highest BCUT2D eigenvalue weighted by molar-refractivity contribution is 4.82. The molecule has 186 valence electrons. The van der Waals surface area contributed by atoms with Gasteiger partial charge in [-0.2, -0.15) is 0 Å². The Morgan fingerprint density at radius 1 is 0.452 bits per heavy atom. The second-order valence-electron chi connectivity index (χ2n) is 9.47. The third-order valence-electron chi connectivity index (χ3n) is 6.81. The molecule has 0 radical (unpaired) electrons. The smallest absolute Gasteiger partial charge is 0.0436 e. The molecular weight excluding hydrogens is 386 g/mol. The van der Waals surface area contributed by atoms with Crippen LogP contribution in [0.4, 0.5) is 0 Å². The number of unbranched alkanes of at least 4 members (excludes halogenated alkanes) is 15. The summed E-state index contributed by atoms with van der Waals surface area (Å²) in [4.78, 5) is 0. The minimum absolute atomic E-state index is 0.0694. The molecule has 0 saturated carbocycles. The number of aliphatic hydroxyl groups excluding tert-OH is 3. The van der Waals surface area contributed by atoms with Gasteiger partial charge < -0.3 is 21.1 Å². The van der Waals surface area contributed by atoms with Gasteiger partial charge in [0.2, 0.25) is 0 Å². The van der Waals surface area contributed by atoms with Crippen LogP contribution in [0.25, 0.3) is 0 Å². The molecule has 0 aromatic carbocycles. The number of hydrogen-bond acceptors (Lipinski definition) is 4. The van der Waals surface area contributed by atoms with Gasteiger partial charge in [0, 0.05) is 26.4 Å². The molecule has 0 aromatic rings. The molecule has 0 aliphatic rings. The van der Waals surface area contributed by atoms with E-state index in [0.29, 0.717) is 25.8 Å². The van der Waals surface area contributed by atoms with Crippen molar-refractivity contribution in [1.29, 1.82) is 0 Å². The van der Waals surface area contributed by atoms with Crippen molar-refractivity contribution in [1.82, 2.24) is 0 Å². The van der Waals surface area contributed by atoms with Crippen LogP contribution < -0.4 is 5.73 Å². The highest BCUT2D eigenvalue weighted by atomic mass is 16.3. The van der Waals surface area contributed by atoms with E-state index in [1.165, 1.54) is 96.3 Å². The zero-order chi connectivity index (χ0) is 22.9. The van der Waals surface area contributed by atoms with E-state index in [2.05, 4.69) is 12.2 Å². The Morgan fingerprint density at radius 3 is 1.16 bits per heavy atom. The van der Waals surface area contributed by atoms with Gasteiger partial charge in [0.05, 0.1) is 0 Å². The zero-order valence-electron chi connectivity index (χ0n) is 20.5. The fraction of sp³-hybridized carbons (Fsp3) is 0.926. The van der Waals surface area contributed by atoms with Gasteiger partial charge in [0.25, 0.3) is 0 Å². The number of allylic oxidation sites excluding steroid dienone is 1. The summed E-state index contributed by atoms with van der Waals surface area (Å²) in [7, 11) is 0. The first-order valence-corrected chi connectivity index (χ1v) is 13.4. The second-order valence-corrected chi connectivity index (χ2v) is 9.47. The first-order chi connectivity index (χ1) is 15.2. The number of nitrogens with two attached hydrogens (primary N) is 1. The molecule has 0 aliphatic carbocycles. The lowest BCUT2D eigenvalue weighted by Gasteiger charge is -2.32. The molecule has 4 nitrogen and oxygen atoms in total. The Balaban J connectivity index is 3.41. The molecule has 4 heteroatoms. The van der Waals surface area contributed by atoms with E-state index in [0.717, 1.165) is 12.8 Å². The molecule has 5 N–H and O–H groups in total. The number of rotatable bonds is 25. The van der Waals surface area contributed by atoms with Crippen LogP contribution in [0.5, 0.6) is 0 Å². The molecule has 0 bridgehead atoms. The zero-order valence-corrected chi connectivity index (χ0v) is 20.5. The summed E-state index contributed by atoms with van der Waals surface area (Å²) in [5.74, 6) is 0. The summed E-state index contributed by atoms with van der Waals surface area (Å²) in [6.07, 6.45) is 28.7. The lowest BCUT2D eigenvalue weighted by atomic mass is 9.74. The summed E-state index contributed by atoms with van der Waals surface area (Å²) in [5, 5.41) is 28.0. The third-order valence-corrected chi connectivity index (χ3v) is 6.81. The van der Waals surface area contributed by atoms with Crippen LogP contribution in [0.2, 0.25) is 0 Å². The Bertz CT molecular complexity index is 356. The second kappa shape index (κ2) is 24.2. The Kier molecular flexibility index (Phi) is 23.9. The predicted octanol–water partition coefficient (Wildman–Crippen LogP) is 6.27. The average molecular weight is 442 g/mol. The molecule has 0 rings (SSSR count). The summed E-state index contributed by atoms with van der Waals surface area (Å²) in [5.41, 5.74) is 5.36. The predicted molar refractivity (Wildman–Crippen MR) is 134 cm³/mol. The fourth-order valence-corrected chi connectivity index (χ4v) is 4.74. The van der Waals surface area contributed by atoms with Crippen LogP contribution in [0.1, 0.15) is 128 Å². The SMILES string of the molecule is NCC=CCCCCCCCCCCCCCCCCCC(CCO)(CCO)CCO. The van der Waals surface area contributed by atoms with Crippen molar-refractivity contribution in [3.63, 3.8) is 0 Å². The Labute approximate surface area is 193 Å². The van der Waals surface area contributed by atoms with Crippen molar-refractivity contribution >= 4 is 0 Å². The molecule has 0 fully saturated rings. The Morgan fingerprint density at radius 2 is 0.806 bits per heavy atom. The maximum atomic E-state index is 9.35. The lowest BCUT2D eigenvalue weighted by Crippen LogP contribution is -2.25. The van der Waals surface area contributed by atoms with Gasteiger partial charge in [0.1, 0.15) is 0 Å². The van der Waals surface area contributed by atoms with E-state index < -0.39 is 0 Å². The highest BCUT2D eigenvalue weighted by Gasteiger charge is 2.27. The van der Waals surface area contributed by atoms with Gasteiger partial charge in [-0.15, -0.1) is 0 Å². The Hall–Kier alpha value is -0.420. The average Bonchev–Trinajstić information content (AvgIpc) is 2.76. The van der Waals surface area contributed by atoms with Crippen LogP contribution in [0, 0.1) is 5.41 Å². The van der Waals surface area contributed by atoms with Crippen LogP contribution in [0.15, 0.2) is 12.2 Å². The quantitative estimate of drug-likeness (QED) is 0.0993. The topological polar surface area (TPSA) is 86.7 Å². The van der Waals surface area contributed by atoms with Gasteiger partial charge in [-0.25, -0.2) is 0 Å². The van der Waals surface area contributed by atoms with Crippen LogP contribution >= 0.6 is 0 Å². The highest BCUT2D eigenvalue weighted by Crippen LogP contribution is 2.36. The molecule has 0 aliphatic heterocycles. The molecule has 0 amide bonds. The molecule has 0 atom stereocenters. The first kappa shape index (κ1) is 30.6.